The van der Waals surface area contributed by atoms with E-state index in [1.807, 2.05) is 20.8 Å². The monoisotopic (exact) mass is 417 g/mol. The first-order chi connectivity index (χ1) is 13.8. The third kappa shape index (κ3) is 6.50. The Morgan fingerprint density at radius 2 is 2.00 bits per heavy atom. The quantitative estimate of drug-likeness (QED) is 0.453. The van der Waals surface area contributed by atoms with Gasteiger partial charge in [0.15, 0.2) is 11.5 Å². The van der Waals surface area contributed by atoms with E-state index in [9.17, 15) is 14.7 Å². The van der Waals surface area contributed by atoms with Gasteiger partial charge in [-0.3, -0.25) is 9.59 Å². The molecule has 2 amide bonds. The number of ether oxygens (including phenoxy) is 1. The van der Waals surface area contributed by atoms with Gasteiger partial charge in [-0.25, -0.2) is 5.43 Å². The second-order valence-electron chi connectivity index (χ2n) is 6.60. The summed E-state index contributed by atoms with van der Waals surface area (Å²) in [5.74, 6) is -0.652. The van der Waals surface area contributed by atoms with Crippen molar-refractivity contribution < 1.29 is 19.4 Å². The van der Waals surface area contributed by atoms with Gasteiger partial charge in [0, 0.05) is 10.6 Å². The van der Waals surface area contributed by atoms with Gasteiger partial charge in [0.05, 0.1) is 12.8 Å². The second-order valence-corrected chi connectivity index (χ2v) is 7.04. The Labute approximate surface area is 174 Å². The Morgan fingerprint density at radius 1 is 1.24 bits per heavy atom. The highest BCUT2D eigenvalue weighted by molar-refractivity contribution is 6.31. The molecule has 0 aliphatic carbocycles. The van der Waals surface area contributed by atoms with Gasteiger partial charge in [-0.2, -0.15) is 5.10 Å². The first kappa shape index (κ1) is 22.2. The van der Waals surface area contributed by atoms with E-state index < -0.39 is 17.9 Å². The molecule has 154 valence electrons. The zero-order valence-electron chi connectivity index (χ0n) is 16.5. The van der Waals surface area contributed by atoms with E-state index >= 15 is 0 Å². The maximum atomic E-state index is 12.5. The van der Waals surface area contributed by atoms with Crippen molar-refractivity contribution in [3.05, 3.63) is 58.6 Å². The molecule has 2 aromatic carbocycles. The van der Waals surface area contributed by atoms with Crippen molar-refractivity contribution in [3.63, 3.8) is 0 Å². The normalized spacial score (nSPS) is 12.0. The van der Waals surface area contributed by atoms with Crippen LogP contribution in [0.25, 0.3) is 0 Å². The Kier molecular flexibility index (Phi) is 8.03. The van der Waals surface area contributed by atoms with Gasteiger partial charge in [-0.15, -0.1) is 0 Å². The highest BCUT2D eigenvalue weighted by Gasteiger charge is 2.24. The lowest BCUT2D eigenvalue weighted by atomic mass is 10.0. The minimum Gasteiger partial charge on any atom is -0.504 e. The molecule has 0 saturated heterocycles. The maximum Gasteiger partial charge on any atom is 0.262 e. The number of hydrogen-bond acceptors (Lipinski definition) is 5. The lowest BCUT2D eigenvalue weighted by molar-refractivity contribution is -0.123. The number of carbonyl (C=O) groups excluding carboxylic acids is 2. The average Bonchev–Trinajstić information content (AvgIpc) is 2.68. The molecule has 7 nitrogen and oxygen atoms in total. The molecule has 8 heteroatoms. The number of hydrazone groups is 1. The number of amides is 2. The number of rotatable bonds is 8. The molecule has 0 aliphatic heterocycles. The summed E-state index contributed by atoms with van der Waals surface area (Å²) in [7, 11) is 0. The van der Waals surface area contributed by atoms with Crippen LogP contribution in [-0.4, -0.2) is 35.8 Å². The molecular weight excluding hydrogens is 394 g/mol. The number of benzene rings is 2. The van der Waals surface area contributed by atoms with Gasteiger partial charge in [0.2, 0.25) is 0 Å². The van der Waals surface area contributed by atoms with E-state index in [0.717, 1.165) is 0 Å². The molecule has 2 rings (SSSR count). The minimum absolute atomic E-state index is 0.0247. The van der Waals surface area contributed by atoms with Crippen LogP contribution in [0.5, 0.6) is 11.5 Å². The first-order valence-electron chi connectivity index (χ1n) is 9.17. The third-order valence-corrected chi connectivity index (χ3v) is 4.23. The predicted molar refractivity (Wildman–Crippen MR) is 113 cm³/mol. The standard InChI is InChI=1S/C21H24ClN3O4/c1-4-29-18-10-14(8-9-17(18)26)12-23-25-21(28)19(13(2)3)24-20(27)15-6-5-7-16(22)11-15/h5-13,19,26H,4H2,1-3H3,(H,24,27)(H,25,28)/b23-12+. The van der Waals surface area contributed by atoms with Crippen molar-refractivity contribution in [1.82, 2.24) is 10.7 Å². The number of nitrogens with zero attached hydrogens (tertiary/aromatic N) is 1. The summed E-state index contributed by atoms with van der Waals surface area (Å²) >= 11 is 5.91. The molecule has 0 saturated carbocycles. The van der Waals surface area contributed by atoms with E-state index in [1.54, 1.807) is 30.3 Å². The van der Waals surface area contributed by atoms with Crippen molar-refractivity contribution >= 4 is 29.6 Å². The van der Waals surface area contributed by atoms with Crippen molar-refractivity contribution in [3.8, 4) is 11.5 Å². The Balaban J connectivity index is 2.03. The van der Waals surface area contributed by atoms with Crippen molar-refractivity contribution in [1.29, 1.82) is 0 Å². The molecule has 0 heterocycles. The first-order valence-corrected chi connectivity index (χ1v) is 9.54. The summed E-state index contributed by atoms with van der Waals surface area (Å²) in [4.78, 5) is 24.9. The van der Waals surface area contributed by atoms with E-state index in [2.05, 4.69) is 15.8 Å². The Hall–Kier alpha value is -3.06. The predicted octanol–water partition coefficient (Wildman–Crippen LogP) is 3.35. The number of aromatic hydroxyl groups is 1. The van der Waals surface area contributed by atoms with Crippen LogP contribution in [-0.2, 0) is 4.79 Å². The summed E-state index contributed by atoms with van der Waals surface area (Å²) in [5, 5.41) is 16.8. The lowest BCUT2D eigenvalue weighted by Crippen LogP contribution is -2.48. The number of halogens is 1. The molecule has 0 bridgehead atoms. The zero-order valence-corrected chi connectivity index (χ0v) is 17.2. The van der Waals surface area contributed by atoms with E-state index in [4.69, 9.17) is 16.3 Å². The van der Waals surface area contributed by atoms with E-state index in [-0.39, 0.29) is 11.7 Å². The van der Waals surface area contributed by atoms with Crippen LogP contribution in [0, 0.1) is 5.92 Å². The molecule has 1 unspecified atom stereocenters. The molecule has 0 spiro atoms. The number of carbonyl (C=O) groups is 2. The van der Waals surface area contributed by atoms with E-state index in [0.29, 0.717) is 28.5 Å². The smallest absolute Gasteiger partial charge is 0.262 e. The Morgan fingerprint density at radius 3 is 2.66 bits per heavy atom. The number of phenolic OH excluding ortho intramolecular Hbond substituents is 1. The number of phenols is 1. The molecule has 3 N–H and O–H groups in total. The molecule has 1 atom stereocenters. The highest BCUT2D eigenvalue weighted by Crippen LogP contribution is 2.26. The van der Waals surface area contributed by atoms with Crippen LogP contribution in [0.2, 0.25) is 5.02 Å². The van der Waals surface area contributed by atoms with Crippen LogP contribution in [0.3, 0.4) is 0 Å². The minimum atomic E-state index is -0.780. The fourth-order valence-electron chi connectivity index (χ4n) is 2.51. The van der Waals surface area contributed by atoms with Gasteiger partial charge < -0.3 is 15.2 Å². The SMILES string of the molecule is CCOc1cc(/C=N/NC(=O)C(NC(=O)c2cccc(Cl)c2)C(C)C)ccc1O. The second kappa shape index (κ2) is 10.5. The molecular formula is C21H24ClN3O4. The van der Waals surface area contributed by atoms with Gasteiger partial charge >= 0.3 is 0 Å². The zero-order chi connectivity index (χ0) is 21.4. The molecule has 29 heavy (non-hydrogen) atoms. The summed E-state index contributed by atoms with van der Waals surface area (Å²) in [6.07, 6.45) is 1.43. The largest absolute Gasteiger partial charge is 0.504 e. The van der Waals surface area contributed by atoms with E-state index in [1.165, 1.54) is 18.3 Å². The lowest BCUT2D eigenvalue weighted by Gasteiger charge is -2.20. The van der Waals surface area contributed by atoms with Crippen LogP contribution >= 0.6 is 11.6 Å². The Bertz CT molecular complexity index is 899. The molecule has 0 aromatic heterocycles. The van der Waals surface area contributed by atoms with Crippen molar-refractivity contribution in [2.45, 2.75) is 26.8 Å². The van der Waals surface area contributed by atoms with Gasteiger partial charge in [-0.05, 0) is 54.8 Å². The van der Waals surface area contributed by atoms with Crippen LogP contribution in [0.1, 0.15) is 36.7 Å². The van der Waals surface area contributed by atoms with Crippen LogP contribution in [0.4, 0.5) is 0 Å². The number of hydrogen-bond donors (Lipinski definition) is 3. The van der Waals surface area contributed by atoms with Gasteiger partial charge in [0.1, 0.15) is 6.04 Å². The van der Waals surface area contributed by atoms with Gasteiger partial charge in [0.25, 0.3) is 11.8 Å². The summed E-state index contributed by atoms with van der Waals surface area (Å²) in [5.41, 5.74) is 3.44. The van der Waals surface area contributed by atoms with Gasteiger partial charge in [-0.1, -0.05) is 31.5 Å². The van der Waals surface area contributed by atoms with Crippen molar-refractivity contribution in [2.24, 2.45) is 11.0 Å². The third-order valence-electron chi connectivity index (χ3n) is 3.99. The number of nitrogens with one attached hydrogen (secondary N) is 2. The molecule has 0 fully saturated rings. The fraction of sp³-hybridized carbons (Fsp3) is 0.286. The summed E-state index contributed by atoms with van der Waals surface area (Å²) in [6, 6.07) is 10.4. The van der Waals surface area contributed by atoms with Crippen LogP contribution in [0.15, 0.2) is 47.6 Å². The fourth-order valence-corrected chi connectivity index (χ4v) is 2.70. The molecule has 2 aromatic rings. The maximum absolute atomic E-state index is 12.5. The molecule has 0 aliphatic rings. The topological polar surface area (TPSA) is 100 Å². The van der Waals surface area contributed by atoms with Crippen LogP contribution < -0.4 is 15.5 Å². The summed E-state index contributed by atoms with van der Waals surface area (Å²) in [6.45, 7) is 5.86. The highest BCUT2D eigenvalue weighted by atomic mass is 35.5. The average molecular weight is 418 g/mol. The summed E-state index contributed by atoms with van der Waals surface area (Å²) < 4.78 is 5.31. The van der Waals surface area contributed by atoms with Crippen molar-refractivity contribution in [2.75, 3.05) is 6.61 Å². The molecule has 0 radical (unpaired) electrons.